The van der Waals surface area contributed by atoms with E-state index >= 15 is 0 Å². The lowest BCUT2D eigenvalue weighted by Gasteiger charge is -2.25. The molecule has 0 saturated heterocycles. The lowest BCUT2D eigenvalue weighted by atomic mass is 10.1. The number of hydrogen-bond acceptors (Lipinski definition) is 2. The minimum Gasteiger partial charge on any atom is -0.312 e. The molecular formula is C13H18F2N2. The fraction of sp³-hybridized carbons (Fsp3) is 0.538. The van der Waals surface area contributed by atoms with Crippen LogP contribution in [-0.4, -0.2) is 31.6 Å². The minimum absolute atomic E-state index is 0.0591. The third-order valence-corrected chi connectivity index (χ3v) is 3.12. The average Bonchev–Trinajstić information content (AvgIpc) is 3.04. The van der Waals surface area contributed by atoms with E-state index in [0.717, 1.165) is 6.07 Å². The monoisotopic (exact) mass is 240 g/mol. The van der Waals surface area contributed by atoms with Gasteiger partial charge in [-0.05, 0) is 33.0 Å². The van der Waals surface area contributed by atoms with Gasteiger partial charge in [-0.2, -0.15) is 0 Å². The van der Waals surface area contributed by atoms with Crippen LogP contribution < -0.4 is 5.32 Å². The Kier molecular flexibility index (Phi) is 3.74. The van der Waals surface area contributed by atoms with Crippen LogP contribution in [0.1, 0.15) is 24.4 Å². The fourth-order valence-electron chi connectivity index (χ4n) is 1.91. The maximum atomic E-state index is 13.7. The lowest BCUT2D eigenvalue weighted by Crippen LogP contribution is -2.32. The van der Waals surface area contributed by atoms with Gasteiger partial charge in [-0.15, -0.1) is 0 Å². The quantitative estimate of drug-likeness (QED) is 0.849. The van der Waals surface area contributed by atoms with E-state index < -0.39 is 11.6 Å². The van der Waals surface area contributed by atoms with Crippen LogP contribution in [0.25, 0.3) is 0 Å². The Bertz CT molecular complexity index is 389. The molecule has 1 atom stereocenters. The van der Waals surface area contributed by atoms with E-state index in [2.05, 4.69) is 5.32 Å². The summed E-state index contributed by atoms with van der Waals surface area (Å²) < 4.78 is 26.6. The summed E-state index contributed by atoms with van der Waals surface area (Å²) in [5.74, 6) is -1.000. The van der Waals surface area contributed by atoms with Gasteiger partial charge in [-0.3, -0.25) is 0 Å². The molecular weight excluding hydrogens is 222 g/mol. The molecule has 1 aromatic carbocycles. The lowest BCUT2D eigenvalue weighted by molar-refractivity contribution is 0.281. The third-order valence-electron chi connectivity index (χ3n) is 3.12. The third kappa shape index (κ3) is 3.23. The van der Waals surface area contributed by atoms with Gasteiger partial charge in [-0.1, -0.05) is 6.07 Å². The Labute approximate surface area is 101 Å². The highest BCUT2D eigenvalue weighted by Gasteiger charge is 2.24. The van der Waals surface area contributed by atoms with Crippen molar-refractivity contribution in [1.82, 2.24) is 10.2 Å². The van der Waals surface area contributed by atoms with E-state index in [1.807, 2.05) is 19.0 Å². The van der Waals surface area contributed by atoms with Crippen molar-refractivity contribution in [2.24, 2.45) is 0 Å². The molecule has 0 aliphatic heterocycles. The second-order valence-electron chi connectivity index (χ2n) is 4.83. The Morgan fingerprint density at radius 1 is 1.35 bits per heavy atom. The number of nitrogens with one attached hydrogen (secondary N) is 1. The Hall–Kier alpha value is -1.00. The van der Waals surface area contributed by atoms with Gasteiger partial charge in [0.15, 0.2) is 0 Å². The second-order valence-corrected chi connectivity index (χ2v) is 4.83. The molecule has 0 radical (unpaired) electrons. The molecule has 1 aliphatic rings. The van der Waals surface area contributed by atoms with E-state index in [0.29, 0.717) is 18.2 Å². The Morgan fingerprint density at radius 3 is 2.59 bits per heavy atom. The molecule has 17 heavy (non-hydrogen) atoms. The van der Waals surface area contributed by atoms with Gasteiger partial charge in [0.25, 0.3) is 0 Å². The van der Waals surface area contributed by atoms with Crippen LogP contribution in [0.15, 0.2) is 18.2 Å². The smallest absolute Gasteiger partial charge is 0.130 e. The van der Waals surface area contributed by atoms with Crippen molar-refractivity contribution in [2.45, 2.75) is 24.9 Å². The summed E-state index contributed by atoms with van der Waals surface area (Å²) in [5, 5.41) is 3.38. The molecule has 2 rings (SSSR count). The first-order valence-electron chi connectivity index (χ1n) is 5.92. The molecule has 2 nitrogen and oxygen atoms in total. The van der Waals surface area contributed by atoms with Crippen molar-refractivity contribution in [1.29, 1.82) is 0 Å². The zero-order valence-corrected chi connectivity index (χ0v) is 10.2. The molecule has 4 heteroatoms. The van der Waals surface area contributed by atoms with Crippen LogP contribution in [0.3, 0.4) is 0 Å². The molecule has 1 fully saturated rings. The van der Waals surface area contributed by atoms with Gasteiger partial charge < -0.3 is 10.2 Å². The predicted octanol–water partition coefficient (Wildman–Crippen LogP) is 2.32. The summed E-state index contributed by atoms with van der Waals surface area (Å²) in [4.78, 5) is 1.95. The van der Waals surface area contributed by atoms with E-state index in [9.17, 15) is 8.78 Å². The standard InChI is InChI=1S/C13H18F2N2/c1-17(2)13(8-16-10-4-5-10)11-6-3-9(14)7-12(11)15/h3,6-7,10,13,16H,4-5,8H2,1-2H3. The highest BCUT2D eigenvalue weighted by Crippen LogP contribution is 2.24. The van der Waals surface area contributed by atoms with Gasteiger partial charge >= 0.3 is 0 Å². The molecule has 1 N–H and O–H groups in total. The van der Waals surface area contributed by atoms with Crippen LogP contribution in [0.2, 0.25) is 0 Å². The van der Waals surface area contributed by atoms with Gasteiger partial charge in [-0.25, -0.2) is 8.78 Å². The molecule has 0 spiro atoms. The summed E-state index contributed by atoms with van der Waals surface area (Å²) in [6.07, 6.45) is 2.40. The molecule has 1 saturated carbocycles. The van der Waals surface area contributed by atoms with Gasteiger partial charge in [0.2, 0.25) is 0 Å². The minimum atomic E-state index is -0.529. The van der Waals surface area contributed by atoms with Crippen molar-refractivity contribution in [3.8, 4) is 0 Å². The molecule has 0 bridgehead atoms. The summed E-state index contributed by atoms with van der Waals surface area (Å²) in [5.41, 5.74) is 0.546. The zero-order chi connectivity index (χ0) is 12.4. The van der Waals surface area contributed by atoms with Crippen LogP contribution in [0, 0.1) is 11.6 Å². The summed E-state index contributed by atoms with van der Waals surface area (Å²) >= 11 is 0. The van der Waals surface area contributed by atoms with Crippen LogP contribution in [0.4, 0.5) is 8.78 Å². The molecule has 94 valence electrons. The number of halogens is 2. The van der Waals surface area contributed by atoms with Crippen molar-refractivity contribution in [3.63, 3.8) is 0 Å². The van der Waals surface area contributed by atoms with Crippen molar-refractivity contribution >= 4 is 0 Å². The summed E-state index contributed by atoms with van der Waals surface area (Å²) in [6, 6.07) is 4.32. The number of benzene rings is 1. The fourth-order valence-corrected chi connectivity index (χ4v) is 1.91. The highest BCUT2D eigenvalue weighted by atomic mass is 19.1. The topological polar surface area (TPSA) is 15.3 Å². The SMILES string of the molecule is CN(C)C(CNC1CC1)c1ccc(F)cc1F. The van der Waals surface area contributed by atoms with E-state index in [-0.39, 0.29) is 6.04 Å². The highest BCUT2D eigenvalue weighted by molar-refractivity contribution is 5.22. The largest absolute Gasteiger partial charge is 0.312 e. The number of rotatable bonds is 5. The van der Waals surface area contributed by atoms with Crippen molar-refractivity contribution in [2.75, 3.05) is 20.6 Å². The normalized spacial score (nSPS) is 17.5. The Morgan fingerprint density at radius 2 is 2.06 bits per heavy atom. The van der Waals surface area contributed by atoms with E-state index in [1.54, 1.807) is 0 Å². The summed E-state index contributed by atoms with van der Waals surface area (Å²) in [7, 11) is 3.81. The zero-order valence-electron chi connectivity index (χ0n) is 10.2. The molecule has 1 aromatic rings. The maximum Gasteiger partial charge on any atom is 0.130 e. The first-order chi connectivity index (χ1) is 8.08. The second kappa shape index (κ2) is 5.10. The molecule has 0 amide bonds. The van der Waals surface area contributed by atoms with Crippen LogP contribution in [0.5, 0.6) is 0 Å². The van der Waals surface area contributed by atoms with Gasteiger partial charge in [0.05, 0.1) is 0 Å². The van der Waals surface area contributed by atoms with Gasteiger partial charge in [0, 0.05) is 30.3 Å². The Balaban J connectivity index is 2.12. The van der Waals surface area contributed by atoms with Gasteiger partial charge in [0.1, 0.15) is 11.6 Å². The predicted molar refractivity (Wildman–Crippen MR) is 63.8 cm³/mol. The first kappa shape index (κ1) is 12.5. The number of hydrogen-bond donors (Lipinski definition) is 1. The summed E-state index contributed by atoms with van der Waals surface area (Å²) in [6.45, 7) is 0.695. The number of nitrogens with zero attached hydrogens (tertiary/aromatic N) is 1. The average molecular weight is 240 g/mol. The molecule has 0 aromatic heterocycles. The van der Waals surface area contributed by atoms with Crippen LogP contribution >= 0.6 is 0 Å². The van der Waals surface area contributed by atoms with Crippen LogP contribution in [-0.2, 0) is 0 Å². The van der Waals surface area contributed by atoms with E-state index in [4.69, 9.17) is 0 Å². The maximum absolute atomic E-state index is 13.7. The van der Waals surface area contributed by atoms with Crippen molar-refractivity contribution < 1.29 is 8.78 Å². The first-order valence-corrected chi connectivity index (χ1v) is 5.92. The van der Waals surface area contributed by atoms with E-state index in [1.165, 1.54) is 25.0 Å². The molecule has 1 unspecified atom stereocenters. The molecule has 0 heterocycles. The van der Waals surface area contributed by atoms with Crippen molar-refractivity contribution in [3.05, 3.63) is 35.4 Å². The molecule has 1 aliphatic carbocycles. The number of likely N-dealkylation sites (N-methyl/N-ethyl adjacent to an activating group) is 1.